The zero-order chi connectivity index (χ0) is 13.7. The Kier molecular flexibility index (Phi) is 5.14. The summed E-state index contributed by atoms with van der Waals surface area (Å²) in [5, 5.41) is 0. The van der Waals surface area contributed by atoms with Crippen molar-refractivity contribution in [2.75, 3.05) is 21.3 Å². The Hall–Kier alpha value is -0.706. The van der Waals surface area contributed by atoms with E-state index in [1.54, 1.807) is 21.3 Å². The normalized spacial score (nSPS) is 16.2. The van der Waals surface area contributed by atoms with Crippen LogP contribution in [-0.2, 0) is 30.7 Å². The zero-order valence-electron chi connectivity index (χ0n) is 11.6. The van der Waals surface area contributed by atoms with Crippen molar-refractivity contribution in [3.8, 4) is 5.75 Å². The monoisotopic (exact) mass is 300 g/mol. The number of hydrogen-bond acceptors (Lipinski definition) is 5. The molecule has 0 radical (unpaired) electrons. The molecule has 2 rings (SSSR count). The molecule has 0 N–H and O–H groups in total. The van der Waals surface area contributed by atoms with Crippen LogP contribution in [-0.4, -0.2) is 40.1 Å². The van der Waals surface area contributed by atoms with E-state index >= 15 is 0 Å². The van der Waals surface area contributed by atoms with Gasteiger partial charge < -0.3 is 22.1 Å². The molecule has 0 saturated carbocycles. The smallest absolute Gasteiger partial charge is 0.500 e. The van der Waals surface area contributed by atoms with E-state index in [1.807, 2.05) is 6.07 Å². The summed E-state index contributed by atoms with van der Waals surface area (Å²) < 4.78 is 27.2. The second-order valence-corrected chi connectivity index (χ2v) is 8.37. The van der Waals surface area contributed by atoms with Gasteiger partial charge >= 0.3 is 18.8 Å². The number of benzene rings is 1. The van der Waals surface area contributed by atoms with Crippen LogP contribution in [0.5, 0.6) is 5.75 Å². The molecule has 7 heteroatoms. The molecule has 0 aliphatic carbocycles. The van der Waals surface area contributed by atoms with E-state index in [2.05, 4.69) is 12.1 Å². The van der Waals surface area contributed by atoms with Crippen LogP contribution < -0.4 is 4.43 Å². The van der Waals surface area contributed by atoms with Gasteiger partial charge in [0.2, 0.25) is 0 Å². The first kappa shape index (κ1) is 14.7. The minimum absolute atomic E-state index is 0.663. The van der Waals surface area contributed by atoms with Crippen LogP contribution in [0.2, 0.25) is 6.04 Å². The van der Waals surface area contributed by atoms with Crippen molar-refractivity contribution in [3.05, 3.63) is 29.3 Å². The highest BCUT2D eigenvalue weighted by Crippen LogP contribution is 2.25. The van der Waals surface area contributed by atoms with Gasteiger partial charge in [0.1, 0.15) is 5.75 Å². The van der Waals surface area contributed by atoms with E-state index in [9.17, 15) is 0 Å². The summed E-state index contributed by atoms with van der Waals surface area (Å²) in [7, 11) is 1.61. The lowest BCUT2D eigenvalue weighted by molar-refractivity contribution is 0.123. The lowest BCUT2D eigenvalue weighted by atomic mass is 10.1. The Morgan fingerprint density at radius 3 is 2.63 bits per heavy atom. The molecule has 0 bridgehead atoms. The first-order chi connectivity index (χ1) is 9.23. The molecule has 1 heterocycles. The zero-order valence-corrected chi connectivity index (χ0v) is 14.0. The van der Waals surface area contributed by atoms with Gasteiger partial charge in [-0.15, -0.1) is 0 Å². The van der Waals surface area contributed by atoms with Gasteiger partial charge in [0.15, 0.2) is 0 Å². The van der Waals surface area contributed by atoms with E-state index in [1.165, 1.54) is 5.56 Å². The summed E-state index contributed by atoms with van der Waals surface area (Å²) >= 11 is 0. The molecule has 0 amide bonds. The van der Waals surface area contributed by atoms with Gasteiger partial charge in [-0.3, -0.25) is 0 Å². The second-order valence-electron chi connectivity index (χ2n) is 4.35. The molecule has 0 spiro atoms. The van der Waals surface area contributed by atoms with Crippen LogP contribution in [0.3, 0.4) is 0 Å². The minimum Gasteiger partial charge on any atom is -0.524 e. The first-order valence-electron chi connectivity index (χ1n) is 6.21. The molecule has 0 atom stereocenters. The predicted octanol–water partition coefficient (Wildman–Crippen LogP) is 1.01. The van der Waals surface area contributed by atoms with Crippen LogP contribution in [0.15, 0.2) is 18.2 Å². The summed E-state index contributed by atoms with van der Waals surface area (Å²) in [4.78, 5) is 0. The Morgan fingerprint density at radius 2 is 1.95 bits per heavy atom. The van der Waals surface area contributed by atoms with Gasteiger partial charge in [-0.1, -0.05) is 6.07 Å². The fourth-order valence-electron chi connectivity index (χ4n) is 2.15. The van der Waals surface area contributed by atoms with Gasteiger partial charge in [0.05, 0.1) is 6.61 Å². The summed E-state index contributed by atoms with van der Waals surface area (Å²) in [5.41, 5.74) is 2.34. The summed E-state index contributed by atoms with van der Waals surface area (Å²) in [6, 6.07) is 6.99. The molecule has 1 aromatic rings. The fraction of sp³-hybridized carbons (Fsp3) is 0.500. The third kappa shape index (κ3) is 3.44. The number of hydrogen-bond donors (Lipinski definition) is 0. The van der Waals surface area contributed by atoms with Crippen LogP contribution in [0.4, 0.5) is 0 Å². The molecule has 1 aromatic carbocycles. The Labute approximate surface area is 117 Å². The molecule has 19 heavy (non-hydrogen) atoms. The lowest BCUT2D eigenvalue weighted by Gasteiger charge is -2.24. The second kappa shape index (κ2) is 6.64. The van der Waals surface area contributed by atoms with Crippen molar-refractivity contribution in [3.63, 3.8) is 0 Å². The average Bonchev–Trinajstić information content (AvgIpc) is 2.49. The van der Waals surface area contributed by atoms with Crippen LogP contribution in [0.25, 0.3) is 0 Å². The molecule has 0 saturated heterocycles. The fourth-order valence-corrected chi connectivity index (χ4v) is 4.65. The van der Waals surface area contributed by atoms with Gasteiger partial charge in [0.25, 0.3) is 0 Å². The summed E-state index contributed by atoms with van der Waals surface area (Å²) in [6.45, 7) is 0.663. The Balaban J connectivity index is 2.03. The number of rotatable bonds is 6. The molecular weight excluding hydrogens is 280 g/mol. The van der Waals surface area contributed by atoms with Crippen LogP contribution in [0, 0.1) is 0 Å². The summed E-state index contributed by atoms with van der Waals surface area (Å²) in [6.07, 6.45) is 0.854. The van der Waals surface area contributed by atoms with Gasteiger partial charge in [-0.05, 0) is 24.1 Å². The third-order valence-corrected chi connectivity index (χ3v) is 6.86. The first-order valence-corrected chi connectivity index (χ1v) is 9.29. The van der Waals surface area contributed by atoms with Crippen molar-refractivity contribution in [2.24, 2.45) is 0 Å². The SMILES string of the molecule is CO[Si](CCc1ccc2c(c1)CO[SiH2]O2)(OC)OC. The van der Waals surface area contributed by atoms with E-state index in [-0.39, 0.29) is 0 Å². The minimum atomic E-state index is -2.49. The number of aryl methyl sites for hydroxylation is 1. The average molecular weight is 300 g/mol. The third-order valence-electron chi connectivity index (χ3n) is 3.33. The predicted molar refractivity (Wildman–Crippen MR) is 75.7 cm³/mol. The van der Waals surface area contributed by atoms with E-state index < -0.39 is 18.8 Å². The largest absolute Gasteiger partial charge is 0.524 e. The maximum Gasteiger partial charge on any atom is 0.500 e. The van der Waals surface area contributed by atoms with Gasteiger partial charge in [-0.25, -0.2) is 0 Å². The molecule has 0 aromatic heterocycles. The van der Waals surface area contributed by atoms with Crippen molar-refractivity contribution in [1.82, 2.24) is 0 Å². The number of fused-ring (bicyclic) bond motifs is 1. The van der Waals surface area contributed by atoms with E-state index in [0.29, 0.717) is 6.61 Å². The quantitative estimate of drug-likeness (QED) is 0.734. The van der Waals surface area contributed by atoms with Crippen molar-refractivity contribution in [2.45, 2.75) is 19.1 Å². The van der Waals surface area contributed by atoms with E-state index in [0.717, 1.165) is 23.8 Å². The van der Waals surface area contributed by atoms with Crippen LogP contribution >= 0.6 is 0 Å². The maximum atomic E-state index is 5.54. The van der Waals surface area contributed by atoms with Crippen molar-refractivity contribution >= 4 is 18.8 Å². The Bertz CT molecular complexity index is 414. The van der Waals surface area contributed by atoms with Crippen molar-refractivity contribution < 1.29 is 22.1 Å². The highest BCUT2D eigenvalue weighted by Gasteiger charge is 2.37. The van der Waals surface area contributed by atoms with Crippen LogP contribution in [0.1, 0.15) is 11.1 Å². The van der Waals surface area contributed by atoms with Crippen molar-refractivity contribution in [1.29, 1.82) is 0 Å². The molecule has 1 aliphatic rings. The lowest BCUT2D eigenvalue weighted by Crippen LogP contribution is -2.43. The molecule has 106 valence electrons. The Morgan fingerprint density at radius 1 is 1.21 bits per heavy atom. The highest BCUT2D eigenvalue weighted by molar-refractivity contribution is 6.60. The molecule has 0 unspecified atom stereocenters. The van der Waals surface area contributed by atoms with Gasteiger partial charge in [-0.2, -0.15) is 0 Å². The maximum absolute atomic E-state index is 5.54. The molecule has 5 nitrogen and oxygen atoms in total. The standard InChI is InChI=1S/C12H20O5Si2/c1-13-19(14-2,15-3)7-6-10-4-5-12-11(8-10)9-16-18-17-12/h4-5,8H,6-7,9,18H2,1-3H3. The molecule has 1 aliphatic heterocycles. The highest BCUT2D eigenvalue weighted by atomic mass is 28.4. The van der Waals surface area contributed by atoms with Gasteiger partial charge in [0, 0.05) is 32.9 Å². The molecule has 0 fully saturated rings. The molecular formula is C12H20O5Si2. The van der Waals surface area contributed by atoms with E-state index in [4.69, 9.17) is 22.1 Å². The summed E-state index contributed by atoms with van der Waals surface area (Å²) in [5.74, 6) is 0.968. The topological polar surface area (TPSA) is 46.2 Å².